The molecule has 0 amide bonds. The standard InChI is InChI=1S/C16H16BrClFNO/c1-9(2)21-11-5-3-4-10(6-11)16(20)12-7-14(18)13(17)8-15(12)19/h3-9,16H,20H2,1-2H3. The minimum Gasteiger partial charge on any atom is -0.491 e. The molecule has 2 aromatic carbocycles. The highest BCUT2D eigenvalue weighted by Crippen LogP contribution is 2.31. The molecule has 0 saturated heterocycles. The van der Waals surface area contributed by atoms with Gasteiger partial charge in [-0.3, -0.25) is 0 Å². The summed E-state index contributed by atoms with van der Waals surface area (Å²) < 4.78 is 20.2. The average molecular weight is 373 g/mol. The van der Waals surface area contributed by atoms with Gasteiger partial charge >= 0.3 is 0 Å². The van der Waals surface area contributed by atoms with E-state index in [1.54, 1.807) is 6.07 Å². The maximum Gasteiger partial charge on any atom is 0.129 e. The fourth-order valence-corrected chi connectivity index (χ4v) is 2.50. The summed E-state index contributed by atoms with van der Waals surface area (Å²) in [4.78, 5) is 0. The van der Waals surface area contributed by atoms with Crippen molar-refractivity contribution in [3.8, 4) is 5.75 Å². The Hall–Kier alpha value is -1.10. The van der Waals surface area contributed by atoms with Crippen molar-refractivity contribution >= 4 is 27.5 Å². The van der Waals surface area contributed by atoms with Crippen molar-refractivity contribution in [1.82, 2.24) is 0 Å². The summed E-state index contributed by atoms with van der Waals surface area (Å²) in [5, 5.41) is 0.427. The van der Waals surface area contributed by atoms with Crippen molar-refractivity contribution in [2.24, 2.45) is 5.73 Å². The minimum atomic E-state index is -0.605. The average Bonchev–Trinajstić information content (AvgIpc) is 2.41. The van der Waals surface area contributed by atoms with Gasteiger partial charge in [0.05, 0.1) is 17.2 Å². The van der Waals surface area contributed by atoms with Crippen LogP contribution in [0.4, 0.5) is 4.39 Å². The van der Waals surface area contributed by atoms with E-state index >= 15 is 0 Å². The van der Waals surface area contributed by atoms with Crippen molar-refractivity contribution in [3.05, 3.63) is 62.8 Å². The van der Waals surface area contributed by atoms with E-state index in [0.29, 0.717) is 20.8 Å². The fraction of sp³-hybridized carbons (Fsp3) is 0.250. The Balaban J connectivity index is 2.36. The number of hydrogen-bond acceptors (Lipinski definition) is 2. The highest BCUT2D eigenvalue weighted by Gasteiger charge is 2.16. The smallest absolute Gasteiger partial charge is 0.129 e. The van der Waals surface area contributed by atoms with Crippen molar-refractivity contribution in [1.29, 1.82) is 0 Å². The van der Waals surface area contributed by atoms with Gasteiger partial charge < -0.3 is 10.5 Å². The van der Waals surface area contributed by atoms with Gasteiger partial charge in [0.25, 0.3) is 0 Å². The van der Waals surface area contributed by atoms with E-state index in [4.69, 9.17) is 22.1 Å². The van der Waals surface area contributed by atoms with E-state index in [9.17, 15) is 4.39 Å². The van der Waals surface area contributed by atoms with Crippen molar-refractivity contribution in [3.63, 3.8) is 0 Å². The molecule has 0 saturated carbocycles. The molecular weight excluding hydrogens is 357 g/mol. The summed E-state index contributed by atoms with van der Waals surface area (Å²) in [6.07, 6.45) is 0.0651. The van der Waals surface area contributed by atoms with Crippen LogP contribution in [-0.4, -0.2) is 6.10 Å². The molecule has 0 fully saturated rings. The first kappa shape index (κ1) is 16.3. The third-order valence-corrected chi connectivity index (χ3v) is 4.16. The van der Waals surface area contributed by atoms with Gasteiger partial charge in [-0.15, -0.1) is 0 Å². The topological polar surface area (TPSA) is 35.2 Å². The Kier molecular flexibility index (Phi) is 5.25. The molecule has 2 nitrogen and oxygen atoms in total. The number of rotatable bonds is 4. The molecule has 2 aromatic rings. The molecule has 112 valence electrons. The van der Waals surface area contributed by atoms with Gasteiger partial charge in [-0.1, -0.05) is 23.7 Å². The van der Waals surface area contributed by atoms with Crippen LogP contribution in [0.15, 0.2) is 40.9 Å². The van der Waals surface area contributed by atoms with Gasteiger partial charge in [-0.05, 0) is 59.6 Å². The third-order valence-electron chi connectivity index (χ3n) is 2.96. The van der Waals surface area contributed by atoms with Crippen LogP contribution in [-0.2, 0) is 0 Å². The number of halogens is 3. The van der Waals surface area contributed by atoms with Gasteiger partial charge in [0.1, 0.15) is 11.6 Å². The second-order valence-electron chi connectivity index (χ2n) is 5.00. The fourth-order valence-electron chi connectivity index (χ4n) is 2.01. The van der Waals surface area contributed by atoms with Crippen molar-refractivity contribution in [2.75, 3.05) is 0 Å². The van der Waals surface area contributed by atoms with Crippen LogP contribution in [0, 0.1) is 5.82 Å². The molecule has 0 aliphatic rings. The van der Waals surface area contributed by atoms with E-state index in [-0.39, 0.29) is 6.10 Å². The SMILES string of the molecule is CC(C)Oc1cccc(C(N)c2cc(Cl)c(Br)cc2F)c1. The van der Waals surface area contributed by atoms with E-state index in [1.165, 1.54) is 6.07 Å². The van der Waals surface area contributed by atoms with E-state index in [1.807, 2.05) is 38.1 Å². The second-order valence-corrected chi connectivity index (χ2v) is 6.27. The zero-order valence-electron chi connectivity index (χ0n) is 11.7. The number of benzene rings is 2. The number of nitrogens with two attached hydrogens (primary N) is 1. The first-order valence-corrected chi connectivity index (χ1v) is 7.72. The predicted molar refractivity (Wildman–Crippen MR) is 87.3 cm³/mol. The van der Waals surface area contributed by atoms with Gasteiger partial charge in [0, 0.05) is 10.0 Å². The lowest BCUT2D eigenvalue weighted by atomic mass is 9.99. The summed E-state index contributed by atoms with van der Waals surface area (Å²) in [5.74, 6) is 0.315. The van der Waals surface area contributed by atoms with Crippen LogP contribution in [0.2, 0.25) is 5.02 Å². The molecule has 0 aliphatic carbocycles. The molecule has 0 aliphatic heterocycles. The first-order valence-electron chi connectivity index (χ1n) is 6.55. The molecular formula is C16H16BrClFNO. The Bertz CT molecular complexity index is 648. The van der Waals surface area contributed by atoms with Crippen LogP contribution < -0.4 is 10.5 Å². The second kappa shape index (κ2) is 6.77. The van der Waals surface area contributed by atoms with Crippen LogP contribution >= 0.6 is 27.5 Å². The molecule has 5 heteroatoms. The summed E-state index contributed by atoms with van der Waals surface area (Å²) >= 11 is 9.22. The molecule has 0 bridgehead atoms. The summed E-state index contributed by atoms with van der Waals surface area (Å²) in [6.45, 7) is 3.89. The molecule has 0 heterocycles. The summed E-state index contributed by atoms with van der Waals surface area (Å²) in [7, 11) is 0. The predicted octanol–water partition coefficient (Wildman–Crippen LogP) is 5.08. The van der Waals surface area contributed by atoms with E-state index in [0.717, 1.165) is 5.56 Å². The maximum absolute atomic E-state index is 14.1. The van der Waals surface area contributed by atoms with E-state index < -0.39 is 11.9 Å². The van der Waals surface area contributed by atoms with Crippen LogP contribution in [0.1, 0.15) is 31.0 Å². The van der Waals surface area contributed by atoms with Crippen molar-refractivity contribution < 1.29 is 9.13 Å². The van der Waals surface area contributed by atoms with Gasteiger partial charge in [0.15, 0.2) is 0 Å². The highest BCUT2D eigenvalue weighted by atomic mass is 79.9. The molecule has 2 rings (SSSR count). The molecule has 2 N–H and O–H groups in total. The maximum atomic E-state index is 14.1. The molecule has 1 unspecified atom stereocenters. The normalized spacial score (nSPS) is 12.5. The highest BCUT2D eigenvalue weighted by molar-refractivity contribution is 9.10. The van der Waals surface area contributed by atoms with Crippen LogP contribution in [0.5, 0.6) is 5.75 Å². The van der Waals surface area contributed by atoms with Gasteiger partial charge in [-0.2, -0.15) is 0 Å². The lowest BCUT2D eigenvalue weighted by Gasteiger charge is -2.16. The lowest BCUT2D eigenvalue weighted by Crippen LogP contribution is -2.14. The Labute approximate surface area is 137 Å². The Morgan fingerprint density at radius 1 is 1.24 bits per heavy atom. The Morgan fingerprint density at radius 3 is 2.62 bits per heavy atom. The zero-order valence-corrected chi connectivity index (χ0v) is 14.1. The molecule has 0 spiro atoms. The molecule has 1 atom stereocenters. The molecule has 0 aromatic heterocycles. The Morgan fingerprint density at radius 2 is 1.95 bits per heavy atom. The molecule has 0 radical (unpaired) electrons. The third kappa shape index (κ3) is 3.96. The summed E-state index contributed by atoms with van der Waals surface area (Å²) in [5.41, 5.74) is 7.29. The van der Waals surface area contributed by atoms with Crippen LogP contribution in [0.3, 0.4) is 0 Å². The van der Waals surface area contributed by atoms with Gasteiger partial charge in [0.2, 0.25) is 0 Å². The quantitative estimate of drug-likeness (QED) is 0.760. The summed E-state index contributed by atoms with van der Waals surface area (Å²) in [6, 6.07) is 9.61. The van der Waals surface area contributed by atoms with E-state index in [2.05, 4.69) is 15.9 Å². The zero-order chi connectivity index (χ0) is 15.6. The number of hydrogen-bond donors (Lipinski definition) is 1. The lowest BCUT2D eigenvalue weighted by molar-refractivity contribution is 0.242. The largest absolute Gasteiger partial charge is 0.491 e. The molecule has 21 heavy (non-hydrogen) atoms. The van der Waals surface area contributed by atoms with Crippen LogP contribution in [0.25, 0.3) is 0 Å². The van der Waals surface area contributed by atoms with Gasteiger partial charge in [-0.25, -0.2) is 4.39 Å². The van der Waals surface area contributed by atoms with Crippen molar-refractivity contribution in [2.45, 2.75) is 26.0 Å². The minimum absolute atomic E-state index is 0.0651. The number of ether oxygens (including phenoxy) is 1. The first-order chi connectivity index (χ1) is 9.88. The monoisotopic (exact) mass is 371 g/mol.